The van der Waals surface area contributed by atoms with E-state index < -0.39 is 0 Å². The van der Waals surface area contributed by atoms with Crippen LogP contribution < -0.4 is 20.6 Å². The maximum atomic E-state index is 6.65. The zero-order chi connectivity index (χ0) is 32.1. The SMILES string of the molecule is CC(C)(C)c1c(N2B3c4ccccc4N(c4cccc5c4oc4ccccc45)c4cccc(c43)-c3ccccc32)ccc2ccccc12. The Morgan fingerprint density at radius 3 is 2.02 bits per heavy atom. The predicted octanol–water partition coefficient (Wildman–Crippen LogP) is 10.7. The number of anilines is 5. The summed E-state index contributed by atoms with van der Waals surface area (Å²) in [5.41, 5.74) is 14.1. The maximum Gasteiger partial charge on any atom is 0.333 e. The van der Waals surface area contributed by atoms with Gasteiger partial charge in [-0.3, -0.25) is 0 Å². The smallest absolute Gasteiger partial charge is 0.333 e. The Bertz CT molecular complexity index is 2590. The van der Waals surface area contributed by atoms with Gasteiger partial charge in [0.25, 0.3) is 0 Å². The molecule has 228 valence electrons. The van der Waals surface area contributed by atoms with Crippen molar-refractivity contribution in [3.05, 3.63) is 151 Å². The minimum atomic E-state index is -0.0951. The number of hydrogen-bond acceptors (Lipinski definition) is 3. The van der Waals surface area contributed by atoms with Crippen molar-refractivity contribution in [1.82, 2.24) is 0 Å². The summed E-state index contributed by atoms with van der Waals surface area (Å²) in [5, 5.41) is 4.84. The van der Waals surface area contributed by atoms with Crippen LogP contribution in [0.5, 0.6) is 0 Å². The predicted molar refractivity (Wildman–Crippen MR) is 204 cm³/mol. The molecule has 0 amide bonds. The van der Waals surface area contributed by atoms with Gasteiger partial charge in [-0.1, -0.05) is 130 Å². The van der Waals surface area contributed by atoms with Gasteiger partial charge in [0.15, 0.2) is 5.58 Å². The Labute approximate surface area is 280 Å². The molecule has 0 atom stereocenters. The van der Waals surface area contributed by atoms with Crippen LogP contribution in [0.25, 0.3) is 43.8 Å². The van der Waals surface area contributed by atoms with Gasteiger partial charge in [0.1, 0.15) is 5.58 Å². The highest BCUT2D eigenvalue weighted by molar-refractivity contribution is 6.93. The van der Waals surface area contributed by atoms with Crippen LogP contribution in [0.2, 0.25) is 0 Å². The second-order valence-electron chi connectivity index (χ2n) is 14.1. The molecule has 3 heterocycles. The number of nitrogens with zero attached hydrogens (tertiary/aromatic N) is 2. The highest BCUT2D eigenvalue weighted by atomic mass is 16.3. The summed E-state index contributed by atoms with van der Waals surface area (Å²) in [6.45, 7) is 7.00. The van der Waals surface area contributed by atoms with E-state index in [0.29, 0.717) is 0 Å². The molecule has 0 spiro atoms. The summed E-state index contributed by atoms with van der Waals surface area (Å²) in [6, 6.07) is 53.1. The average Bonchev–Trinajstić information content (AvgIpc) is 3.50. The van der Waals surface area contributed by atoms with E-state index in [1.165, 1.54) is 61.1 Å². The fourth-order valence-corrected chi connectivity index (χ4v) is 8.48. The third-order valence-electron chi connectivity index (χ3n) is 10.3. The molecule has 0 saturated carbocycles. The molecule has 0 saturated heterocycles. The zero-order valence-corrected chi connectivity index (χ0v) is 27.2. The Hall–Kier alpha value is -5.74. The molecule has 3 nitrogen and oxygen atoms in total. The Kier molecular flexibility index (Phi) is 5.64. The third kappa shape index (κ3) is 3.72. The van der Waals surface area contributed by atoms with E-state index in [1.807, 2.05) is 6.07 Å². The van der Waals surface area contributed by atoms with Crippen molar-refractivity contribution in [2.45, 2.75) is 26.2 Å². The summed E-state index contributed by atoms with van der Waals surface area (Å²) in [7, 11) is 0. The van der Waals surface area contributed by atoms with Crippen molar-refractivity contribution in [3.8, 4) is 11.1 Å². The number of fused-ring (bicyclic) bond motifs is 8. The van der Waals surface area contributed by atoms with E-state index in [4.69, 9.17) is 4.42 Å². The third-order valence-corrected chi connectivity index (χ3v) is 10.3. The van der Waals surface area contributed by atoms with Crippen molar-refractivity contribution in [2.24, 2.45) is 0 Å². The van der Waals surface area contributed by atoms with E-state index in [1.54, 1.807) is 0 Å². The standard InChI is InChI=1S/C44H33BN2O/c1-44(2,3)41-29-15-5-4-14-28(29)26-27-37(41)47-35-21-9-6-16-30(35)32-18-12-23-38-42(32)45(47)34-20-8-10-22-36(34)46(38)39-24-13-19-33-31-17-7-11-25-40(31)48-43(33)39/h4-27H,1-3H3. The summed E-state index contributed by atoms with van der Waals surface area (Å²) in [5.74, 6) is 0. The van der Waals surface area contributed by atoms with E-state index in [9.17, 15) is 0 Å². The summed E-state index contributed by atoms with van der Waals surface area (Å²) in [4.78, 5) is 5.07. The molecule has 2 aliphatic heterocycles. The Morgan fingerprint density at radius 2 is 1.15 bits per heavy atom. The molecule has 0 N–H and O–H groups in total. The molecular weight excluding hydrogens is 583 g/mol. The molecule has 48 heavy (non-hydrogen) atoms. The molecule has 4 heteroatoms. The molecule has 8 aromatic rings. The first-order chi connectivity index (χ1) is 23.5. The van der Waals surface area contributed by atoms with E-state index in [-0.39, 0.29) is 12.3 Å². The fourth-order valence-electron chi connectivity index (χ4n) is 8.48. The van der Waals surface area contributed by atoms with Crippen LogP contribution in [-0.4, -0.2) is 6.85 Å². The van der Waals surface area contributed by atoms with Gasteiger partial charge in [-0.2, -0.15) is 0 Å². The first kappa shape index (κ1) is 27.4. The molecule has 7 aromatic carbocycles. The van der Waals surface area contributed by atoms with Crippen LogP contribution in [0.3, 0.4) is 0 Å². The minimum absolute atomic E-state index is 0.0318. The molecule has 2 aliphatic rings. The molecule has 0 unspecified atom stereocenters. The van der Waals surface area contributed by atoms with Crippen molar-refractivity contribution < 1.29 is 4.42 Å². The van der Waals surface area contributed by atoms with Gasteiger partial charge in [0.05, 0.1) is 5.69 Å². The number of para-hydroxylation sites is 4. The van der Waals surface area contributed by atoms with Crippen molar-refractivity contribution in [3.63, 3.8) is 0 Å². The lowest BCUT2D eigenvalue weighted by molar-refractivity contribution is 0.597. The van der Waals surface area contributed by atoms with Crippen molar-refractivity contribution in [1.29, 1.82) is 0 Å². The first-order valence-corrected chi connectivity index (χ1v) is 16.8. The quantitative estimate of drug-likeness (QED) is 0.180. The van der Waals surface area contributed by atoms with Gasteiger partial charge in [0.2, 0.25) is 0 Å². The van der Waals surface area contributed by atoms with Gasteiger partial charge in [-0.25, -0.2) is 0 Å². The van der Waals surface area contributed by atoms with Crippen LogP contribution in [0, 0.1) is 0 Å². The Balaban J connectivity index is 1.31. The normalized spacial score (nSPS) is 13.6. The van der Waals surface area contributed by atoms with Crippen LogP contribution in [0.4, 0.5) is 28.4 Å². The van der Waals surface area contributed by atoms with Gasteiger partial charge >= 0.3 is 6.85 Å². The van der Waals surface area contributed by atoms with Gasteiger partial charge < -0.3 is 14.1 Å². The van der Waals surface area contributed by atoms with E-state index >= 15 is 0 Å². The van der Waals surface area contributed by atoms with Crippen LogP contribution in [0.1, 0.15) is 26.3 Å². The highest BCUT2D eigenvalue weighted by Gasteiger charge is 2.46. The topological polar surface area (TPSA) is 19.6 Å². The van der Waals surface area contributed by atoms with Gasteiger partial charge in [0, 0.05) is 39.1 Å². The molecule has 0 bridgehead atoms. The summed E-state index contributed by atoms with van der Waals surface area (Å²) < 4.78 is 6.65. The number of benzene rings is 7. The van der Waals surface area contributed by atoms with Gasteiger partial charge in [-0.15, -0.1) is 0 Å². The summed E-state index contributed by atoms with van der Waals surface area (Å²) >= 11 is 0. The lowest BCUT2D eigenvalue weighted by Gasteiger charge is -2.46. The van der Waals surface area contributed by atoms with Crippen LogP contribution in [0.15, 0.2) is 150 Å². The molecule has 0 aliphatic carbocycles. The van der Waals surface area contributed by atoms with Gasteiger partial charge in [-0.05, 0) is 74.6 Å². The van der Waals surface area contributed by atoms with Crippen LogP contribution >= 0.6 is 0 Å². The van der Waals surface area contributed by atoms with Crippen molar-refractivity contribution >= 4 is 78.9 Å². The minimum Gasteiger partial charge on any atom is -0.454 e. The zero-order valence-electron chi connectivity index (χ0n) is 27.2. The lowest BCUT2D eigenvalue weighted by atomic mass is 9.43. The number of rotatable bonds is 2. The largest absolute Gasteiger partial charge is 0.454 e. The molecule has 1 aromatic heterocycles. The lowest BCUT2D eigenvalue weighted by Crippen LogP contribution is -2.61. The molecule has 10 rings (SSSR count). The average molecular weight is 617 g/mol. The van der Waals surface area contributed by atoms with Crippen LogP contribution in [-0.2, 0) is 5.41 Å². The second kappa shape index (κ2) is 9.89. The monoisotopic (exact) mass is 616 g/mol. The fraction of sp³-hybridized carbons (Fsp3) is 0.0909. The number of hydrogen-bond donors (Lipinski definition) is 0. The highest BCUT2D eigenvalue weighted by Crippen LogP contribution is 2.50. The second-order valence-corrected chi connectivity index (χ2v) is 14.1. The molecule has 0 fully saturated rings. The summed E-state index contributed by atoms with van der Waals surface area (Å²) in [6.07, 6.45) is 0. The Morgan fingerprint density at radius 1 is 0.500 bits per heavy atom. The van der Waals surface area contributed by atoms with Crippen molar-refractivity contribution in [2.75, 3.05) is 9.71 Å². The number of furan rings is 1. The first-order valence-electron chi connectivity index (χ1n) is 16.8. The van der Waals surface area contributed by atoms with E-state index in [2.05, 4.69) is 170 Å². The molecular formula is C44H33BN2O. The van der Waals surface area contributed by atoms with E-state index in [0.717, 1.165) is 27.6 Å². The molecule has 0 radical (unpaired) electrons. The maximum absolute atomic E-state index is 6.65.